The second-order valence-corrected chi connectivity index (χ2v) is 8.48. The van der Waals surface area contributed by atoms with Gasteiger partial charge in [-0.15, -0.1) is 11.3 Å². The Labute approximate surface area is 182 Å². The van der Waals surface area contributed by atoms with Crippen LogP contribution in [-0.4, -0.2) is 29.4 Å². The Balaban J connectivity index is 1.53. The Morgan fingerprint density at radius 2 is 2.17 bits per heavy atom. The van der Waals surface area contributed by atoms with Gasteiger partial charge >= 0.3 is 0 Å². The number of methoxy groups -OCH3 is 1. The predicted molar refractivity (Wildman–Crippen MR) is 117 cm³/mol. The third-order valence-electron chi connectivity index (χ3n) is 5.02. The Bertz CT molecular complexity index is 993. The minimum atomic E-state index is 0.0110. The van der Waals surface area contributed by atoms with E-state index in [0.29, 0.717) is 23.7 Å². The number of ether oxygens (including phenoxy) is 2. The van der Waals surface area contributed by atoms with E-state index in [4.69, 9.17) is 9.47 Å². The lowest BCUT2D eigenvalue weighted by Gasteiger charge is -2.25. The molecule has 2 heterocycles. The molecule has 1 unspecified atom stereocenters. The van der Waals surface area contributed by atoms with Crippen molar-refractivity contribution >= 4 is 33.2 Å². The highest BCUT2D eigenvalue weighted by Crippen LogP contribution is 2.36. The van der Waals surface area contributed by atoms with Gasteiger partial charge in [0.1, 0.15) is 6.61 Å². The summed E-state index contributed by atoms with van der Waals surface area (Å²) in [5.74, 6) is 1.16. The highest BCUT2D eigenvalue weighted by Gasteiger charge is 2.31. The Hall–Kier alpha value is -2.38. The molecule has 0 saturated carbocycles. The average molecular weight is 473 g/mol. The van der Waals surface area contributed by atoms with Gasteiger partial charge in [-0.25, -0.2) is 4.98 Å². The van der Waals surface area contributed by atoms with Crippen molar-refractivity contribution in [3.05, 3.63) is 74.6 Å². The number of carbonyl (C=O) groups is 1. The molecule has 7 heteroatoms. The van der Waals surface area contributed by atoms with E-state index < -0.39 is 0 Å². The summed E-state index contributed by atoms with van der Waals surface area (Å²) in [4.78, 5) is 19.4. The lowest BCUT2D eigenvalue weighted by Crippen LogP contribution is -2.30. The smallest absolute Gasteiger partial charge is 0.254 e. The van der Waals surface area contributed by atoms with E-state index in [-0.39, 0.29) is 11.9 Å². The molecule has 1 aliphatic rings. The number of benzene rings is 2. The van der Waals surface area contributed by atoms with E-state index in [1.807, 2.05) is 22.4 Å². The average Bonchev–Trinajstić information content (AvgIpc) is 3.43. The van der Waals surface area contributed by atoms with Crippen molar-refractivity contribution in [1.82, 2.24) is 9.88 Å². The molecule has 1 fully saturated rings. The van der Waals surface area contributed by atoms with Gasteiger partial charge in [-0.05, 0) is 48.7 Å². The van der Waals surface area contributed by atoms with Gasteiger partial charge < -0.3 is 14.4 Å². The van der Waals surface area contributed by atoms with Gasteiger partial charge in [-0.2, -0.15) is 0 Å². The van der Waals surface area contributed by atoms with Crippen LogP contribution in [0.25, 0.3) is 0 Å². The molecule has 0 bridgehead atoms. The molecule has 1 aliphatic heterocycles. The fourth-order valence-corrected chi connectivity index (χ4v) is 4.58. The summed E-state index contributed by atoms with van der Waals surface area (Å²) < 4.78 is 12.3. The van der Waals surface area contributed by atoms with Crippen LogP contribution < -0.4 is 9.47 Å². The lowest BCUT2D eigenvalue weighted by molar-refractivity contribution is 0.0735. The quantitative estimate of drug-likeness (QED) is 0.477. The molecule has 4 rings (SSSR count). The third kappa shape index (κ3) is 4.46. The SMILES string of the molecule is COc1cc(C(=O)N2CCCC2c2cccc(Br)c2)ccc1OCc1cscn1. The predicted octanol–water partition coefficient (Wildman–Crippen LogP) is 5.47. The van der Waals surface area contributed by atoms with Crippen LogP contribution in [0.2, 0.25) is 0 Å². The molecule has 0 aliphatic carbocycles. The molecule has 1 aromatic heterocycles. The maximum absolute atomic E-state index is 13.2. The molecule has 29 heavy (non-hydrogen) atoms. The molecular weight excluding hydrogens is 452 g/mol. The number of hydrogen-bond donors (Lipinski definition) is 0. The summed E-state index contributed by atoms with van der Waals surface area (Å²) in [6.07, 6.45) is 1.96. The highest BCUT2D eigenvalue weighted by atomic mass is 79.9. The van der Waals surface area contributed by atoms with Gasteiger partial charge in [-0.3, -0.25) is 4.79 Å². The number of nitrogens with zero attached hydrogens (tertiary/aromatic N) is 2. The topological polar surface area (TPSA) is 51.7 Å². The van der Waals surface area contributed by atoms with Gasteiger partial charge in [0, 0.05) is 22.0 Å². The van der Waals surface area contributed by atoms with E-state index in [0.717, 1.165) is 35.1 Å². The Morgan fingerprint density at radius 1 is 1.28 bits per heavy atom. The van der Waals surface area contributed by atoms with Crippen LogP contribution in [0.3, 0.4) is 0 Å². The molecule has 3 aromatic rings. The molecular formula is C22H21BrN2O3S. The molecule has 1 atom stereocenters. The second-order valence-electron chi connectivity index (χ2n) is 6.85. The monoisotopic (exact) mass is 472 g/mol. The molecule has 1 saturated heterocycles. The van der Waals surface area contributed by atoms with Crippen LogP contribution in [-0.2, 0) is 6.61 Å². The summed E-state index contributed by atoms with van der Waals surface area (Å²) in [6.45, 7) is 1.12. The van der Waals surface area contributed by atoms with Crippen LogP contribution in [0.1, 0.15) is 40.5 Å². The molecule has 150 valence electrons. The number of aromatic nitrogens is 1. The van der Waals surface area contributed by atoms with Crippen LogP contribution in [0.4, 0.5) is 0 Å². The van der Waals surface area contributed by atoms with Crippen molar-refractivity contribution in [2.75, 3.05) is 13.7 Å². The van der Waals surface area contributed by atoms with Crippen LogP contribution in [0.5, 0.6) is 11.5 Å². The van der Waals surface area contributed by atoms with Crippen LogP contribution in [0.15, 0.2) is 57.8 Å². The third-order valence-corrected chi connectivity index (χ3v) is 6.15. The molecule has 0 N–H and O–H groups in total. The van der Waals surface area contributed by atoms with Crippen molar-refractivity contribution in [3.8, 4) is 11.5 Å². The largest absolute Gasteiger partial charge is 0.493 e. The fraction of sp³-hybridized carbons (Fsp3) is 0.273. The van der Waals surface area contributed by atoms with E-state index in [1.54, 1.807) is 30.8 Å². The molecule has 0 spiro atoms. The summed E-state index contributed by atoms with van der Waals surface area (Å²) in [6, 6.07) is 13.6. The maximum atomic E-state index is 13.2. The lowest BCUT2D eigenvalue weighted by atomic mass is 10.0. The fourth-order valence-electron chi connectivity index (χ4n) is 3.62. The number of likely N-dealkylation sites (tertiary alicyclic amines) is 1. The molecule has 2 aromatic carbocycles. The normalized spacial score (nSPS) is 16.1. The zero-order chi connectivity index (χ0) is 20.2. The molecule has 5 nitrogen and oxygen atoms in total. The van der Waals surface area contributed by atoms with Gasteiger partial charge in [-0.1, -0.05) is 28.1 Å². The van der Waals surface area contributed by atoms with Gasteiger partial charge in [0.2, 0.25) is 0 Å². The van der Waals surface area contributed by atoms with E-state index in [2.05, 4.69) is 33.0 Å². The van der Waals surface area contributed by atoms with Crippen molar-refractivity contribution < 1.29 is 14.3 Å². The van der Waals surface area contributed by atoms with Crippen LogP contribution in [0, 0.1) is 0 Å². The number of amides is 1. The first kappa shape index (κ1) is 19.9. The zero-order valence-corrected chi connectivity index (χ0v) is 18.4. The van der Waals surface area contributed by atoms with E-state index in [1.165, 1.54) is 11.3 Å². The number of rotatable bonds is 6. The number of halogens is 1. The standard InChI is InChI=1S/C22H21BrN2O3S/c1-27-21-11-16(7-8-20(21)28-12-18-13-29-14-24-18)22(26)25-9-3-6-19(25)15-4-2-5-17(23)10-15/h2,4-5,7-8,10-11,13-14,19H,3,6,9,12H2,1H3. The second kappa shape index (κ2) is 8.97. The van der Waals surface area contributed by atoms with Crippen molar-refractivity contribution in [3.63, 3.8) is 0 Å². The number of carbonyl (C=O) groups excluding carboxylic acids is 1. The van der Waals surface area contributed by atoms with Gasteiger partial charge in [0.15, 0.2) is 11.5 Å². The first-order valence-electron chi connectivity index (χ1n) is 9.40. The number of hydrogen-bond acceptors (Lipinski definition) is 5. The van der Waals surface area contributed by atoms with Crippen molar-refractivity contribution in [1.29, 1.82) is 0 Å². The zero-order valence-electron chi connectivity index (χ0n) is 16.0. The summed E-state index contributed by atoms with van der Waals surface area (Å²) in [5.41, 5.74) is 4.39. The summed E-state index contributed by atoms with van der Waals surface area (Å²) in [7, 11) is 1.58. The number of thiazole rings is 1. The molecule has 0 radical (unpaired) electrons. The highest BCUT2D eigenvalue weighted by molar-refractivity contribution is 9.10. The van der Waals surface area contributed by atoms with Crippen LogP contribution >= 0.6 is 27.3 Å². The molecule has 1 amide bonds. The minimum Gasteiger partial charge on any atom is -0.493 e. The summed E-state index contributed by atoms with van der Waals surface area (Å²) >= 11 is 5.06. The van der Waals surface area contributed by atoms with Gasteiger partial charge in [0.05, 0.1) is 24.4 Å². The summed E-state index contributed by atoms with van der Waals surface area (Å²) in [5, 5.41) is 1.94. The minimum absolute atomic E-state index is 0.0110. The van der Waals surface area contributed by atoms with Crippen molar-refractivity contribution in [2.45, 2.75) is 25.5 Å². The first-order valence-corrected chi connectivity index (χ1v) is 11.1. The first-order chi connectivity index (χ1) is 14.2. The van der Waals surface area contributed by atoms with Crippen molar-refractivity contribution in [2.24, 2.45) is 0 Å². The van der Waals surface area contributed by atoms with E-state index in [9.17, 15) is 4.79 Å². The Kier molecular flexibility index (Phi) is 6.16. The van der Waals surface area contributed by atoms with Gasteiger partial charge in [0.25, 0.3) is 5.91 Å². The maximum Gasteiger partial charge on any atom is 0.254 e. The Morgan fingerprint density at radius 3 is 2.93 bits per heavy atom. The van der Waals surface area contributed by atoms with E-state index >= 15 is 0 Å².